The lowest BCUT2D eigenvalue weighted by molar-refractivity contribution is 0.0710. The minimum absolute atomic E-state index is 0.141. The van der Waals surface area contributed by atoms with E-state index in [9.17, 15) is 4.39 Å². The Kier molecular flexibility index (Phi) is 5.11. The normalized spacial score (nSPS) is 18.0. The summed E-state index contributed by atoms with van der Waals surface area (Å²) in [5.41, 5.74) is 2.36. The van der Waals surface area contributed by atoms with E-state index in [1.165, 1.54) is 11.6 Å². The summed E-state index contributed by atoms with van der Waals surface area (Å²) in [5.74, 6) is -0.141. The van der Waals surface area contributed by atoms with Gasteiger partial charge in [0.15, 0.2) is 0 Å². The summed E-state index contributed by atoms with van der Waals surface area (Å²) in [6.07, 6.45) is 1.99. The first-order valence-corrected chi connectivity index (χ1v) is 6.39. The van der Waals surface area contributed by atoms with Gasteiger partial charge in [-0.3, -0.25) is 0 Å². The number of methoxy groups -OCH3 is 1. The summed E-state index contributed by atoms with van der Waals surface area (Å²) < 4.78 is 23.4. The Morgan fingerprint density at radius 2 is 2.22 bits per heavy atom. The highest BCUT2D eigenvalue weighted by Gasteiger charge is 2.21. The highest BCUT2D eigenvalue weighted by atomic mass is 19.1. The molecule has 1 aromatic rings. The second kappa shape index (κ2) is 6.83. The van der Waals surface area contributed by atoms with Gasteiger partial charge < -0.3 is 14.8 Å². The molecule has 1 aliphatic carbocycles. The number of aryl methyl sites for hydroxylation is 1. The third-order valence-corrected chi connectivity index (χ3v) is 3.25. The van der Waals surface area contributed by atoms with E-state index in [-0.39, 0.29) is 5.82 Å². The fraction of sp³-hybridized carbons (Fsp3) is 0.571. The molecule has 3 nitrogen and oxygen atoms in total. The number of nitrogens with one attached hydrogen (secondary N) is 1. The number of halogens is 1. The molecule has 0 heterocycles. The molecule has 4 heteroatoms. The molecule has 100 valence electrons. The molecule has 0 aromatic heterocycles. The van der Waals surface area contributed by atoms with Crippen molar-refractivity contribution in [2.75, 3.05) is 33.5 Å². The lowest BCUT2D eigenvalue weighted by Gasteiger charge is -2.14. The summed E-state index contributed by atoms with van der Waals surface area (Å²) in [5, 5.41) is 3.45. The third kappa shape index (κ3) is 3.51. The second-order valence-electron chi connectivity index (χ2n) is 4.49. The third-order valence-electron chi connectivity index (χ3n) is 3.25. The number of hydrogen-bond acceptors (Lipinski definition) is 3. The molecule has 0 saturated heterocycles. The van der Waals surface area contributed by atoms with Gasteiger partial charge in [-0.15, -0.1) is 0 Å². The molecule has 0 radical (unpaired) electrons. The lowest BCUT2D eigenvalue weighted by atomic mass is 10.1. The maximum Gasteiger partial charge on any atom is 0.123 e. The monoisotopic (exact) mass is 253 g/mol. The molecular weight excluding hydrogens is 233 g/mol. The van der Waals surface area contributed by atoms with Crippen molar-refractivity contribution >= 4 is 0 Å². The van der Waals surface area contributed by atoms with Crippen molar-refractivity contribution in [3.63, 3.8) is 0 Å². The van der Waals surface area contributed by atoms with Crippen molar-refractivity contribution in [3.8, 4) is 0 Å². The van der Waals surface area contributed by atoms with Crippen molar-refractivity contribution in [3.05, 3.63) is 35.1 Å². The fourth-order valence-electron chi connectivity index (χ4n) is 2.35. The van der Waals surface area contributed by atoms with Gasteiger partial charge in [-0.25, -0.2) is 4.39 Å². The topological polar surface area (TPSA) is 30.5 Å². The van der Waals surface area contributed by atoms with Crippen LogP contribution in [0.15, 0.2) is 18.2 Å². The highest BCUT2D eigenvalue weighted by molar-refractivity contribution is 5.34. The van der Waals surface area contributed by atoms with Gasteiger partial charge in [0.05, 0.1) is 19.8 Å². The van der Waals surface area contributed by atoms with Gasteiger partial charge in [0.2, 0.25) is 0 Å². The average Bonchev–Trinajstić information content (AvgIpc) is 2.76. The van der Waals surface area contributed by atoms with Crippen LogP contribution in [0.2, 0.25) is 0 Å². The van der Waals surface area contributed by atoms with Gasteiger partial charge in [0.1, 0.15) is 5.82 Å². The van der Waals surface area contributed by atoms with E-state index < -0.39 is 0 Å². The van der Waals surface area contributed by atoms with Crippen LogP contribution in [0.5, 0.6) is 0 Å². The second-order valence-corrected chi connectivity index (χ2v) is 4.49. The van der Waals surface area contributed by atoms with Crippen molar-refractivity contribution < 1.29 is 13.9 Å². The van der Waals surface area contributed by atoms with Gasteiger partial charge in [0, 0.05) is 19.7 Å². The summed E-state index contributed by atoms with van der Waals surface area (Å²) in [7, 11) is 1.66. The van der Waals surface area contributed by atoms with E-state index in [1.54, 1.807) is 13.2 Å². The highest BCUT2D eigenvalue weighted by Crippen LogP contribution is 2.31. The van der Waals surface area contributed by atoms with E-state index in [4.69, 9.17) is 9.47 Å². The molecule has 0 amide bonds. The Balaban J connectivity index is 1.73. The zero-order valence-corrected chi connectivity index (χ0v) is 10.7. The Bertz CT molecular complexity index is 384. The Morgan fingerprint density at radius 1 is 1.33 bits per heavy atom. The van der Waals surface area contributed by atoms with E-state index in [0.29, 0.717) is 25.9 Å². The van der Waals surface area contributed by atoms with E-state index in [1.807, 2.05) is 6.07 Å². The predicted octanol–water partition coefficient (Wildman–Crippen LogP) is 2.07. The minimum Gasteiger partial charge on any atom is -0.382 e. The number of benzene rings is 1. The molecule has 1 aliphatic rings. The summed E-state index contributed by atoms with van der Waals surface area (Å²) in [6.45, 7) is 2.75. The van der Waals surface area contributed by atoms with Crippen molar-refractivity contribution in [2.24, 2.45) is 0 Å². The SMILES string of the molecule is COCCOCCNC1CCc2cc(F)ccc21. The summed E-state index contributed by atoms with van der Waals surface area (Å²) in [4.78, 5) is 0. The summed E-state index contributed by atoms with van der Waals surface area (Å²) >= 11 is 0. The van der Waals surface area contributed by atoms with Crippen LogP contribution in [0.1, 0.15) is 23.6 Å². The molecule has 0 fully saturated rings. The minimum atomic E-state index is -0.141. The standard InChI is InChI=1S/C14H20FNO2/c1-17-8-9-18-7-6-16-14-5-2-11-10-12(15)3-4-13(11)14/h3-4,10,14,16H,2,5-9H2,1H3. The number of hydrogen-bond donors (Lipinski definition) is 1. The van der Waals surface area contributed by atoms with Crippen molar-refractivity contribution in [1.29, 1.82) is 0 Å². The number of ether oxygens (including phenoxy) is 2. The fourth-order valence-corrected chi connectivity index (χ4v) is 2.35. The van der Waals surface area contributed by atoms with E-state index in [2.05, 4.69) is 5.32 Å². The zero-order chi connectivity index (χ0) is 12.8. The summed E-state index contributed by atoms with van der Waals surface area (Å²) in [6, 6.07) is 5.41. The Labute approximate surface area is 107 Å². The molecular formula is C14H20FNO2. The van der Waals surface area contributed by atoms with Crippen LogP contribution < -0.4 is 5.32 Å². The Morgan fingerprint density at radius 3 is 3.06 bits per heavy atom. The van der Waals surface area contributed by atoms with Crippen LogP contribution in [0.25, 0.3) is 0 Å². The van der Waals surface area contributed by atoms with Crippen LogP contribution in [0.3, 0.4) is 0 Å². The molecule has 1 N–H and O–H groups in total. The molecule has 1 aromatic carbocycles. The quantitative estimate of drug-likeness (QED) is 0.755. The van der Waals surface area contributed by atoms with Crippen molar-refractivity contribution in [2.45, 2.75) is 18.9 Å². The lowest BCUT2D eigenvalue weighted by Crippen LogP contribution is -2.24. The van der Waals surface area contributed by atoms with Crippen LogP contribution in [-0.4, -0.2) is 33.5 Å². The maximum absolute atomic E-state index is 13.1. The van der Waals surface area contributed by atoms with E-state index in [0.717, 1.165) is 24.9 Å². The molecule has 0 saturated carbocycles. The molecule has 0 aliphatic heterocycles. The first kappa shape index (κ1) is 13.5. The number of rotatable bonds is 7. The van der Waals surface area contributed by atoms with Crippen LogP contribution in [0.4, 0.5) is 4.39 Å². The zero-order valence-electron chi connectivity index (χ0n) is 10.7. The predicted molar refractivity (Wildman–Crippen MR) is 68.2 cm³/mol. The van der Waals surface area contributed by atoms with Gasteiger partial charge in [-0.05, 0) is 36.1 Å². The Hall–Kier alpha value is -0.970. The van der Waals surface area contributed by atoms with Gasteiger partial charge >= 0.3 is 0 Å². The molecule has 0 spiro atoms. The molecule has 0 bridgehead atoms. The van der Waals surface area contributed by atoms with Gasteiger partial charge in [-0.1, -0.05) is 6.07 Å². The molecule has 1 unspecified atom stereocenters. The largest absolute Gasteiger partial charge is 0.382 e. The first-order valence-electron chi connectivity index (χ1n) is 6.39. The number of fused-ring (bicyclic) bond motifs is 1. The molecule has 2 rings (SSSR count). The van der Waals surface area contributed by atoms with Gasteiger partial charge in [0.25, 0.3) is 0 Å². The van der Waals surface area contributed by atoms with Gasteiger partial charge in [-0.2, -0.15) is 0 Å². The average molecular weight is 253 g/mol. The molecule has 18 heavy (non-hydrogen) atoms. The van der Waals surface area contributed by atoms with Crippen LogP contribution in [0, 0.1) is 5.82 Å². The maximum atomic E-state index is 13.1. The first-order chi connectivity index (χ1) is 8.81. The smallest absolute Gasteiger partial charge is 0.123 e. The van der Waals surface area contributed by atoms with E-state index >= 15 is 0 Å². The van der Waals surface area contributed by atoms with Crippen LogP contribution >= 0.6 is 0 Å². The molecule has 1 atom stereocenters. The van der Waals surface area contributed by atoms with Crippen LogP contribution in [-0.2, 0) is 15.9 Å². The van der Waals surface area contributed by atoms with Crippen molar-refractivity contribution in [1.82, 2.24) is 5.32 Å².